The van der Waals surface area contributed by atoms with Crippen molar-refractivity contribution in [3.63, 3.8) is 0 Å². The average molecular weight is 436 g/mol. The molecule has 8 heteroatoms. The lowest BCUT2D eigenvalue weighted by Crippen LogP contribution is -2.57. The molecule has 4 saturated carbocycles. The van der Waals surface area contributed by atoms with Crippen LogP contribution in [0.2, 0.25) is 0 Å². The Morgan fingerprint density at radius 1 is 1.17 bits per heavy atom. The molecule has 0 radical (unpaired) electrons. The topological polar surface area (TPSA) is 95.9 Å². The number of amides is 2. The van der Waals surface area contributed by atoms with Crippen molar-refractivity contribution in [2.24, 2.45) is 28.3 Å². The normalized spacial score (nSPS) is 40.4. The van der Waals surface area contributed by atoms with Gasteiger partial charge in [-0.15, -0.1) is 0 Å². The number of hydrazone groups is 1. The zero-order valence-electron chi connectivity index (χ0n) is 17.8. The molecule has 4 bridgehead atoms. The van der Waals surface area contributed by atoms with Crippen LogP contribution < -0.4 is 5.32 Å². The van der Waals surface area contributed by atoms with E-state index in [1.807, 2.05) is 0 Å². The quantitative estimate of drug-likeness (QED) is 0.716. The van der Waals surface area contributed by atoms with Gasteiger partial charge in [-0.05, 0) is 74.5 Å². The lowest BCUT2D eigenvalue weighted by atomic mass is 9.47. The summed E-state index contributed by atoms with van der Waals surface area (Å²) in [6.45, 7) is 2.16. The Labute approximate surface area is 178 Å². The summed E-state index contributed by atoms with van der Waals surface area (Å²) >= 11 is 0. The zero-order chi connectivity index (χ0) is 21.1. The molecule has 0 aromatic rings. The van der Waals surface area contributed by atoms with E-state index in [0.717, 1.165) is 24.2 Å². The van der Waals surface area contributed by atoms with Crippen molar-refractivity contribution in [1.82, 2.24) is 10.3 Å². The van der Waals surface area contributed by atoms with Crippen molar-refractivity contribution in [3.05, 3.63) is 0 Å². The number of carbonyl (C=O) groups is 2. The van der Waals surface area contributed by atoms with E-state index in [1.54, 1.807) is 0 Å². The minimum Gasteiger partial charge on any atom is -0.348 e. The fourth-order valence-corrected chi connectivity index (χ4v) is 9.21. The Kier molecular flexibility index (Phi) is 4.99. The molecule has 2 heterocycles. The van der Waals surface area contributed by atoms with Gasteiger partial charge in [0.2, 0.25) is 5.91 Å². The van der Waals surface area contributed by atoms with Gasteiger partial charge < -0.3 is 5.32 Å². The van der Waals surface area contributed by atoms with Gasteiger partial charge in [-0.25, -0.2) is 13.4 Å². The average Bonchev–Trinajstić information content (AvgIpc) is 3.04. The molecule has 0 spiro atoms. The van der Waals surface area contributed by atoms with Crippen LogP contribution in [0.3, 0.4) is 0 Å². The molecule has 7 nitrogen and oxygen atoms in total. The highest BCUT2D eigenvalue weighted by molar-refractivity contribution is 7.91. The number of nitrogens with one attached hydrogen (secondary N) is 1. The third-order valence-corrected chi connectivity index (χ3v) is 10.2. The van der Waals surface area contributed by atoms with Crippen LogP contribution in [-0.2, 0) is 19.4 Å². The fourth-order valence-electron chi connectivity index (χ4n) is 7.52. The largest absolute Gasteiger partial charge is 0.348 e. The van der Waals surface area contributed by atoms with Gasteiger partial charge in [0.05, 0.1) is 17.5 Å². The number of hydrogen-bond acceptors (Lipinski definition) is 5. The Hall–Kier alpha value is -1.44. The van der Waals surface area contributed by atoms with Gasteiger partial charge in [0.1, 0.15) is 5.71 Å². The first-order chi connectivity index (χ1) is 14.3. The summed E-state index contributed by atoms with van der Waals surface area (Å²) in [4.78, 5) is 25.5. The molecule has 0 aromatic carbocycles. The summed E-state index contributed by atoms with van der Waals surface area (Å²) < 4.78 is 23.7. The van der Waals surface area contributed by atoms with Crippen LogP contribution in [0.4, 0.5) is 0 Å². The second kappa shape index (κ2) is 7.31. The molecule has 30 heavy (non-hydrogen) atoms. The van der Waals surface area contributed by atoms with E-state index in [-0.39, 0.29) is 41.2 Å². The number of sulfone groups is 1. The third-order valence-electron chi connectivity index (χ3n) is 8.41. The molecule has 1 saturated heterocycles. The second-order valence-corrected chi connectivity index (χ2v) is 12.8. The molecule has 0 unspecified atom stereocenters. The molecule has 5 fully saturated rings. The minimum atomic E-state index is -3.12. The highest BCUT2D eigenvalue weighted by atomic mass is 32.2. The predicted octanol–water partition coefficient (Wildman–Crippen LogP) is 2.26. The summed E-state index contributed by atoms with van der Waals surface area (Å²) in [7, 11) is -3.12. The number of hydrogen-bond donors (Lipinski definition) is 1. The smallest absolute Gasteiger partial charge is 0.267 e. The van der Waals surface area contributed by atoms with Crippen LogP contribution in [0.15, 0.2) is 5.10 Å². The number of nitrogens with zero attached hydrogens (tertiary/aromatic N) is 2. The molecule has 166 valence electrons. The molecule has 0 aromatic heterocycles. The van der Waals surface area contributed by atoms with Crippen molar-refractivity contribution in [3.8, 4) is 0 Å². The molecule has 2 atom stereocenters. The molecular weight excluding hydrogens is 402 g/mol. The standard InChI is InChI=1S/C22H33N3O4S/c1-2-19(22-10-14-7-15(11-22)9-16(8-14)12-22)23-21(27)18-3-4-20(26)25(24-18)17-5-6-30(28,29)13-17/h14-17,19H,2-13H2,1H3,(H,23,27)/t14?,15?,16?,17-,19+,22?/m1/s1. The minimum absolute atomic E-state index is 0.0536. The van der Waals surface area contributed by atoms with E-state index < -0.39 is 15.9 Å². The van der Waals surface area contributed by atoms with Crippen molar-refractivity contribution < 1.29 is 18.0 Å². The number of rotatable bonds is 5. The summed E-state index contributed by atoms with van der Waals surface area (Å²) in [6.07, 6.45) is 9.67. The van der Waals surface area contributed by atoms with E-state index in [2.05, 4.69) is 17.3 Å². The van der Waals surface area contributed by atoms with Gasteiger partial charge in [-0.1, -0.05) is 6.92 Å². The maximum Gasteiger partial charge on any atom is 0.267 e. The van der Waals surface area contributed by atoms with E-state index in [1.165, 1.54) is 43.5 Å². The van der Waals surface area contributed by atoms with Gasteiger partial charge in [-0.3, -0.25) is 9.59 Å². The van der Waals surface area contributed by atoms with Crippen LogP contribution in [0.5, 0.6) is 0 Å². The molecule has 4 aliphatic carbocycles. The van der Waals surface area contributed by atoms with Gasteiger partial charge in [-0.2, -0.15) is 5.10 Å². The Morgan fingerprint density at radius 2 is 1.80 bits per heavy atom. The van der Waals surface area contributed by atoms with E-state index >= 15 is 0 Å². The molecule has 6 aliphatic rings. The molecular formula is C22H33N3O4S. The SMILES string of the molecule is CC[C@H](NC(=O)C1=NN([C@@H]2CCS(=O)(=O)C2)C(=O)CC1)C12CC3CC(CC(C3)C1)C2. The van der Waals surface area contributed by atoms with Crippen molar-refractivity contribution in [2.45, 2.75) is 83.2 Å². The maximum atomic E-state index is 13.2. The van der Waals surface area contributed by atoms with Crippen molar-refractivity contribution in [2.75, 3.05) is 11.5 Å². The van der Waals surface area contributed by atoms with Crippen LogP contribution in [0.25, 0.3) is 0 Å². The predicted molar refractivity (Wildman–Crippen MR) is 113 cm³/mol. The summed E-state index contributed by atoms with van der Waals surface area (Å²) in [5.74, 6) is 2.16. The van der Waals surface area contributed by atoms with Crippen molar-refractivity contribution in [1.29, 1.82) is 0 Å². The van der Waals surface area contributed by atoms with Gasteiger partial charge >= 0.3 is 0 Å². The molecule has 1 N–H and O–H groups in total. The van der Waals surface area contributed by atoms with Gasteiger partial charge in [0.25, 0.3) is 5.91 Å². The van der Waals surface area contributed by atoms with Gasteiger partial charge in [0, 0.05) is 18.9 Å². The van der Waals surface area contributed by atoms with Crippen molar-refractivity contribution >= 4 is 27.4 Å². The first-order valence-corrected chi connectivity index (χ1v) is 13.5. The Bertz CT molecular complexity index is 846. The summed E-state index contributed by atoms with van der Waals surface area (Å²) in [5.41, 5.74) is 0.603. The van der Waals surface area contributed by atoms with Crippen LogP contribution in [0, 0.1) is 23.2 Å². The second-order valence-electron chi connectivity index (χ2n) is 10.6. The van der Waals surface area contributed by atoms with E-state index in [9.17, 15) is 18.0 Å². The van der Waals surface area contributed by atoms with Crippen LogP contribution >= 0.6 is 0 Å². The Morgan fingerprint density at radius 3 is 2.33 bits per heavy atom. The summed E-state index contributed by atoms with van der Waals surface area (Å²) in [6, 6.07) is -0.283. The zero-order valence-corrected chi connectivity index (χ0v) is 18.6. The lowest BCUT2D eigenvalue weighted by Gasteiger charge is -2.59. The van der Waals surface area contributed by atoms with E-state index in [0.29, 0.717) is 18.6 Å². The highest BCUT2D eigenvalue weighted by Gasteiger charge is 2.54. The number of carbonyl (C=O) groups excluding carboxylic acids is 2. The fraction of sp³-hybridized carbons (Fsp3) is 0.864. The first-order valence-electron chi connectivity index (χ1n) is 11.7. The molecule has 2 aliphatic heterocycles. The lowest BCUT2D eigenvalue weighted by molar-refractivity contribution is -0.133. The van der Waals surface area contributed by atoms with E-state index in [4.69, 9.17) is 0 Å². The molecule has 6 rings (SSSR count). The third kappa shape index (κ3) is 3.59. The monoisotopic (exact) mass is 435 g/mol. The Balaban J connectivity index is 1.31. The molecule has 2 amide bonds. The maximum absolute atomic E-state index is 13.2. The van der Waals surface area contributed by atoms with Crippen LogP contribution in [0.1, 0.15) is 71.1 Å². The highest BCUT2D eigenvalue weighted by Crippen LogP contribution is 2.61. The first kappa shape index (κ1) is 20.5. The van der Waals surface area contributed by atoms with Crippen LogP contribution in [-0.4, -0.2) is 54.5 Å². The summed E-state index contributed by atoms with van der Waals surface area (Å²) in [5, 5.41) is 8.96. The van der Waals surface area contributed by atoms with Gasteiger partial charge in [0.15, 0.2) is 9.84 Å².